The van der Waals surface area contributed by atoms with Gasteiger partial charge in [-0.3, -0.25) is 4.90 Å². The molecule has 0 N–H and O–H groups in total. The number of nitrogens with zero attached hydrogens (tertiary/aromatic N) is 7. The van der Waals surface area contributed by atoms with Crippen LogP contribution in [0.5, 0.6) is 0 Å². The Bertz CT molecular complexity index is 904. The van der Waals surface area contributed by atoms with Crippen LogP contribution in [-0.2, 0) is 0 Å². The van der Waals surface area contributed by atoms with Gasteiger partial charge in [0.15, 0.2) is 0 Å². The van der Waals surface area contributed by atoms with Gasteiger partial charge in [-0.15, -0.1) is 10.2 Å². The van der Waals surface area contributed by atoms with Gasteiger partial charge in [-0.05, 0) is 25.1 Å². The molecule has 1 fully saturated rings. The lowest BCUT2D eigenvalue weighted by Crippen LogP contribution is -2.47. The Morgan fingerprint density at radius 3 is 2.46 bits per heavy atom. The first-order chi connectivity index (χ1) is 13.6. The molecule has 0 radical (unpaired) electrons. The van der Waals surface area contributed by atoms with E-state index in [2.05, 4.69) is 36.9 Å². The smallest absolute Gasteiger partial charge is 0.247 e. The summed E-state index contributed by atoms with van der Waals surface area (Å²) in [6, 6.07) is 11.9. The van der Waals surface area contributed by atoms with E-state index >= 15 is 0 Å². The zero-order chi connectivity index (χ0) is 19.5. The molecule has 28 heavy (non-hydrogen) atoms. The maximum Gasteiger partial charge on any atom is 0.247 e. The Kier molecular flexibility index (Phi) is 5.21. The van der Waals surface area contributed by atoms with Crippen molar-refractivity contribution >= 4 is 11.8 Å². The quantitative estimate of drug-likeness (QED) is 0.669. The minimum absolute atomic E-state index is 0.0786. The number of piperazine rings is 1. The van der Waals surface area contributed by atoms with Crippen molar-refractivity contribution < 1.29 is 4.42 Å². The molecule has 1 aromatic carbocycles. The first kappa shape index (κ1) is 18.4. The van der Waals surface area contributed by atoms with E-state index in [0.29, 0.717) is 11.8 Å². The molecule has 0 spiro atoms. The summed E-state index contributed by atoms with van der Waals surface area (Å²) in [6.45, 7) is 5.73. The molecular formula is C20H25N7O. The van der Waals surface area contributed by atoms with Gasteiger partial charge in [-0.25, -0.2) is 4.98 Å². The summed E-state index contributed by atoms with van der Waals surface area (Å²) >= 11 is 0. The van der Waals surface area contributed by atoms with E-state index in [4.69, 9.17) is 4.42 Å². The Balaban J connectivity index is 1.40. The standard InChI is InChI=1S/C20H25N7O/c1-15(18-23-24-19(28-18)16-7-5-4-6-8-16)26-11-13-27(14-12-26)17-9-10-21-20(22-17)25(2)3/h4-10,15H,11-14H2,1-3H3/t15-/m1/s1. The molecule has 0 bridgehead atoms. The lowest BCUT2D eigenvalue weighted by atomic mass is 10.2. The second-order valence-corrected chi connectivity index (χ2v) is 7.12. The second kappa shape index (κ2) is 7.93. The van der Waals surface area contributed by atoms with Gasteiger partial charge in [-0.2, -0.15) is 4.98 Å². The SMILES string of the molecule is C[C@H](c1nnc(-c2ccccc2)o1)N1CCN(c2ccnc(N(C)C)n2)CC1. The molecule has 0 amide bonds. The third kappa shape index (κ3) is 3.82. The lowest BCUT2D eigenvalue weighted by molar-refractivity contribution is 0.173. The molecule has 4 rings (SSSR count). The number of aromatic nitrogens is 4. The maximum atomic E-state index is 5.93. The second-order valence-electron chi connectivity index (χ2n) is 7.12. The minimum Gasteiger partial charge on any atom is -0.419 e. The van der Waals surface area contributed by atoms with Crippen LogP contribution in [-0.4, -0.2) is 65.3 Å². The average molecular weight is 379 g/mol. The molecule has 3 aromatic rings. The highest BCUT2D eigenvalue weighted by Gasteiger charge is 2.26. The highest BCUT2D eigenvalue weighted by molar-refractivity contribution is 5.51. The first-order valence-electron chi connectivity index (χ1n) is 9.50. The first-order valence-corrected chi connectivity index (χ1v) is 9.50. The molecule has 146 valence electrons. The van der Waals surface area contributed by atoms with E-state index < -0.39 is 0 Å². The van der Waals surface area contributed by atoms with E-state index in [-0.39, 0.29) is 6.04 Å². The molecule has 3 heterocycles. The average Bonchev–Trinajstić information content (AvgIpc) is 3.24. The van der Waals surface area contributed by atoms with Crippen molar-refractivity contribution in [3.63, 3.8) is 0 Å². The van der Waals surface area contributed by atoms with Crippen LogP contribution in [0.4, 0.5) is 11.8 Å². The van der Waals surface area contributed by atoms with E-state index in [9.17, 15) is 0 Å². The summed E-state index contributed by atoms with van der Waals surface area (Å²) in [6.07, 6.45) is 1.82. The van der Waals surface area contributed by atoms with Crippen LogP contribution in [0, 0.1) is 0 Å². The highest BCUT2D eigenvalue weighted by Crippen LogP contribution is 2.25. The zero-order valence-corrected chi connectivity index (χ0v) is 16.5. The molecule has 1 saturated heterocycles. The normalized spacial score (nSPS) is 16.2. The number of benzene rings is 1. The van der Waals surface area contributed by atoms with E-state index in [1.54, 1.807) is 0 Å². The van der Waals surface area contributed by atoms with Crippen molar-refractivity contribution in [1.29, 1.82) is 0 Å². The van der Waals surface area contributed by atoms with Crippen LogP contribution in [0.15, 0.2) is 47.0 Å². The van der Waals surface area contributed by atoms with Gasteiger partial charge in [0, 0.05) is 52.0 Å². The topological polar surface area (TPSA) is 74.4 Å². The zero-order valence-electron chi connectivity index (χ0n) is 16.5. The van der Waals surface area contributed by atoms with Gasteiger partial charge < -0.3 is 14.2 Å². The maximum absolute atomic E-state index is 5.93. The van der Waals surface area contributed by atoms with Crippen LogP contribution in [0.1, 0.15) is 18.9 Å². The highest BCUT2D eigenvalue weighted by atomic mass is 16.4. The summed E-state index contributed by atoms with van der Waals surface area (Å²) in [5.74, 6) is 2.92. The summed E-state index contributed by atoms with van der Waals surface area (Å²) < 4.78 is 5.93. The summed E-state index contributed by atoms with van der Waals surface area (Å²) in [4.78, 5) is 15.5. The molecule has 1 atom stereocenters. The number of hydrogen-bond acceptors (Lipinski definition) is 8. The van der Waals surface area contributed by atoms with Gasteiger partial charge in [-0.1, -0.05) is 18.2 Å². The van der Waals surface area contributed by atoms with Crippen molar-refractivity contribution in [3.8, 4) is 11.5 Å². The summed E-state index contributed by atoms with van der Waals surface area (Å²) in [5, 5.41) is 8.49. The fourth-order valence-corrected chi connectivity index (χ4v) is 3.33. The molecule has 0 aliphatic carbocycles. The third-order valence-corrected chi connectivity index (χ3v) is 5.03. The van der Waals surface area contributed by atoms with Crippen LogP contribution in [0.25, 0.3) is 11.5 Å². The van der Waals surface area contributed by atoms with Crippen molar-refractivity contribution in [2.75, 3.05) is 50.1 Å². The van der Waals surface area contributed by atoms with Crippen molar-refractivity contribution in [3.05, 3.63) is 48.5 Å². The van der Waals surface area contributed by atoms with Crippen LogP contribution >= 0.6 is 0 Å². The number of rotatable bonds is 5. The molecule has 1 aliphatic rings. The fraction of sp³-hybridized carbons (Fsp3) is 0.400. The van der Waals surface area contributed by atoms with Crippen LogP contribution < -0.4 is 9.80 Å². The van der Waals surface area contributed by atoms with Gasteiger partial charge in [0.1, 0.15) is 5.82 Å². The molecule has 1 aliphatic heterocycles. The molecule has 8 nitrogen and oxygen atoms in total. The molecule has 2 aromatic heterocycles. The van der Waals surface area contributed by atoms with Gasteiger partial charge in [0.05, 0.1) is 6.04 Å². The third-order valence-electron chi connectivity index (χ3n) is 5.03. The Labute approximate surface area is 164 Å². The van der Waals surface area contributed by atoms with E-state index in [0.717, 1.165) is 43.5 Å². The van der Waals surface area contributed by atoms with Gasteiger partial charge in [0.25, 0.3) is 0 Å². The lowest BCUT2D eigenvalue weighted by Gasteiger charge is -2.37. The molecule has 0 saturated carbocycles. The Hall–Kier alpha value is -3.00. The van der Waals surface area contributed by atoms with E-state index in [1.807, 2.05) is 61.6 Å². The molecular weight excluding hydrogens is 354 g/mol. The number of hydrogen-bond donors (Lipinski definition) is 0. The van der Waals surface area contributed by atoms with Crippen molar-refractivity contribution in [2.24, 2.45) is 0 Å². The Morgan fingerprint density at radius 1 is 1.00 bits per heavy atom. The summed E-state index contributed by atoms with van der Waals surface area (Å²) in [5.41, 5.74) is 0.943. The van der Waals surface area contributed by atoms with Gasteiger partial charge >= 0.3 is 0 Å². The number of anilines is 2. The molecule has 8 heteroatoms. The minimum atomic E-state index is 0.0786. The van der Waals surface area contributed by atoms with Gasteiger partial charge in [0.2, 0.25) is 17.7 Å². The predicted octanol–water partition coefficient (Wildman–Crippen LogP) is 2.48. The van der Waals surface area contributed by atoms with Crippen molar-refractivity contribution in [2.45, 2.75) is 13.0 Å². The van der Waals surface area contributed by atoms with Crippen LogP contribution in [0.3, 0.4) is 0 Å². The summed E-state index contributed by atoms with van der Waals surface area (Å²) in [7, 11) is 3.90. The van der Waals surface area contributed by atoms with Crippen molar-refractivity contribution in [1.82, 2.24) is 25.1 Å². The predicted molar refractivity (Wildman–Crippen MR) is 108 cm³/mol. The largest absolute Gasteiger partial charge is 0.419 e. The molecule has 0 unspecified atom stereocenters. The van der Waals surface area contributed by atoms with E-state index in [1.165, 1.54) is 0 Å². The monoisotopic (exact) mass is 379 g/mol. The Morgan fingerprint density at radius 2 is 1.75 bits per heavy atom. The van der Waals surface area contributed by atoms with Crippen LogP contribution in [0.2, 0.25) is 0 Å². The fourth-order valence-electron chi connectivity index (χ4n) is 3.33.